The fraction of sp³-hybridized carbons (Fsp3) is 0.182. The highest BCUT2D eigenvalue weighted by Gasteiger charge is 2.09. The molecule has 4 nitrogen and oxygen atoms in total. The monoisotopic (exact) mass is 349 g/mol. The van der Waals surface area contributed by atoms with Crippen molar-refractivity contribution in [2.24, 2.45) is 0 Å². The lowest BCUT2D eigenvalue weighted by Crippen LogP contribution is -2.21. The van der Waals surface area contributed by atoms with Crippen LogP contribution in [0.25, 0.3) is 0 Å². The molecule has 3 aromatic rings. The van der Waals surface area contributed by atoms with Gasteiger partial charge < -0.3 is 20.3 Å². The molecule has 0 aromatic heterocycles. The second-order valence-corrected chi connectivity index (χ2v) is 6.12. The van der Waals surface area contributed by atoms with Crippen LogP contribution in [0.15, 0.2) is 78.9 Å². The summed E-state index contributed by atoms with van der Waals surface area (Å²) in [5.74, 6) is 0.983. The highest BCUT2D eigenvalue weighted by atomic mass is 16.5. The molecule has 1 atom stereocenters. The first-order valence-corrected chi connectivity index (χ1v) is 8.65. The Morgan fingerprint density at radius 3 is 2.46 bits per heavy atom. The van der Waals surface area contributed by atoms with Gasteiger partial charge >= 0.3 is 0 Å². The summed E-state index contributed by atoms with van der Waals surface area (Å²) >= 11 is 0. The van der Waals surface area contributed by atoms with E-state index in [2.05, 4.69) is 5.32 Å². The van der Waals surface area contributed by atoms with E-state index in [0.717, 1.165) is 16.9 Å². The third kappa shape index (κ3) is 5.09. The van der Waals surface area contributed by atoms with Crippen molar-refractivity contribution in [3.63, 3.8) is 0 Å². The van der Waals surface area contributed by atoms with Gasteiger partial charge in [-0.2, -0.15) is 0 Å². The summed E-state index contributed by atoms with van der Waals surface area (Å²) in [6, 6.07) is 24.6. The number of rotatable bonds is 8. The fourth-order valence-corrected chi connectivity index (χ4v) is 2.72. The average molecular weight is 349 g/mol. The normalized spacial score (nSPS) is 11.9. The first-order valence-electron chi connectivity index (χ1n) is 8.65. The van der Waals surface area contributed by atoms with Gasteiger partial charge in [-0.1, -0.05) is 60.7 Å². The van der Waals surface area contributed by atoms with Gasteiger partial charge in [0.05, 0.1) is 6.10 Å². The quantitative estimate of drug-likeness (QED) is 0.579. The SMILES string of the molecule is Oc1cccc([C@H](O)CNCc2ccccc2OCc2ccccc2)c1. The lowest BCUT2D eigenvalue weighted by atomic mass is 10.1. The van der Waals surface area contributed by atoms with Crippen molar-refractivity contribution in [1.82, 2.24) is 5.32 Å². The number of para-hydroxylation sites is 1. The van der Waals surface area contributed by atoms with E-state index in [1.54, 1.807) is 24.3 Å². The van der Waals surface area contributed by atoms with E-state index in [0.29, 0.717) is 25.3 Å². The van der Waals surface area contributed by atoms with E-state index in [4.69, 9.17) is 4.74 Å². The Hall–Kier alpha value is -2.82. The van der Waals surface area contributed by atoms with Crippen LogP contribution < -0.4 is 10.1 Å². The van der Waals surface area contributed by atoms with Gasteiger partial charge in [-0.25, -0.2) is 0 Å². The first-order chi connectivity index (χ1) is 12.7. The maximum absolute atomic E-state index is 10.2. The van der Waals surface area contributed by atoms with Crippen molar-refractivity contribution >= 4 is 0 Å². The number of aliphatic hydroxyl groups is 1. The molecule has 0 fully saturated rings. The number of phenols is 1. The number of aliphatic hydroxyl groups excluding tert-OH is 1. The van der Waals surface area contributed by atoms with Gasteiger partial charge in [-0.3, -0.25) is 0 Å². The fourth-order valence-electron chi connectivity index (χ4n) is 2.72. The van der Waals surface area contributed by atoms with Gasteiger partial charge in [0.25, 0.3) is 0 Å². The molecule has 3 rings (SSSR count). The molecule has 4 heteroatoms. The summed E-state index contributed by atoms with van der Waals surface area (Å²) < 4.78 is 5.95. The van der Waals surface area contributed by atoms with Crippen LogP contribution in [0.3, 0.4) is 0 Å². The van der Waals surface area contributed by atoms with Crippen LogP contribution in [0.2, 0.25) is 0 Å². The Morgan fingerprint density at radius 2 is 1.65 bits per heavy atom. The zero-order valence-corrected chi connectivity index (χ0v) is 14.5. The average Bonchev–Trinajstić information content (AvgIpc) is 2.68. The molecule has 0 saturated carbocycles. The van der Waals surface area contributed by atoms with E-state index in [-0.39, 0.29) is 5.75 Å². The number of aromatic hydroxyl groups is 1. The number of hydrogen-bond acceptors (Lipinski definition) is 4. The predicted molar refractivity (Wildman–Crippen MR) is 102 cm³/mol. The molecule has 0 saturated heterocycles. The summed E-state index contributed by atoms with van der Waals surface area (Å²) in [5, 5.41) is 23.0. The maximum Gasteiger partial charge on any atom is 0.124 e. The van der Waals surface area contributed by atoms with E-state index in [1.165, 1.54) is 0 Å². The molecule has 134 valence electrons. The van der Waals surface area contributed by atoms with Crippen LogP contribution in [0.5, 0.6) is 11.5 Å². The van der Waals surface area contributed by atoms with Gasteiger partial charge in [0.15, 0.2) is 0 Å². The van der Waals surface area contributed by atoms with E-state index in [1.807, 2.05) is 54.6 Å². The van der Waals surface area contributed by atoms with Crippen molar-refractivity contribution in [3.8, 4) is 11.5 Å². The van der Waals surface area contributed by atoms with Crippen molar-refractivity contribution in [1.29, 1.82) is 0 Å². The molecule has 0 unspecified atom stereocenters. The van der Waals surface area contributed by atoms with E-state index in [9.17, 15) is 10.2 Å². The van der Waals surface area contributed by atoms with Gasteiger partial charge in [0.1, 0.15) is 18.1 Å². The minimum absolute atomic E-state index is 0.154. The second kappa shape index (κ2) is 9.04. The second-order valence-electron chi connectivity index (χ2n) is 6.12. The van der Waals surface area contributed by atoms with Gasteiger partial charge in [0, 0.05) is 18.7 Å². The van der Waals surface area contributed by atoms with Crippen LogP contribution in [0.4, 0.5) is 0 Å². The lowest BCUT2D eigenvalue weighted by molar-refractivity contribution is 0.173. The minimum atomic E-state index is -0.681. The number of nitrogens with one attached hydrogen (secondary N) is 1. The molecule has 3 aromatic carbocycles. The van der Waals surface area contributed by atoms with E-state index < -0.39 is 6.10 Å². The first kappa shape index (κ1) is 18.0. The molecule has 0 aliphatic rings. The molecule has 0 radical (unpaired) electrons. The van der Waals surface area contributed by atoms with Crippen LogP contribution in [0.1, 0.15) is 22.8 Å². The number of phenolic OH excluding ortho intramolecular Hbond substituents is 1. The van der Waals surface area contributed by atoms with Crippen molar-refractivity contribution in [2.45, 2.75) is 19.3 Å². The highest BCUT2D eigenvalue weighted by Crippen LogP contribution is 2.20. The van der Waals surface area contributed by atoms with Crippen LogP contribution in [-0.2, 0) is 13.2 Å². The number of benzene rings is 3. The molecule has 0 amide bonds. The molecular formula is C22H23NO3. The third-order valence-electron chi connectivity index (χ3n) is 4.12. The summed E-state index contributed by atoms with van der Waals surface area (Å²) in [6.07, 6.45) is -0.681. The summed E-state index contributed by atoms with van der Waals surface area (Å²) in [5.41, 5.74) is 2.84. The van der Waals surface area contributed by atoms with Crippen molar-refractivity contribution in [3.05, 3.63) is 95.6 Å². The summed E-state index contributed by atoms with van der Waals surface area (Å²) in [7, 11) is 0. The van der Waals surface area contributed by atoms with Crippen LogP contribution in [-0.4, -0.2) is 16.8 Å². The molecule has 0 bridgehead atoms. The summed E-state index contributed by atoms with van der Waals surface area (Å²) in [6.45, 7) is 1.49. The molecule has 0 heterocycles. The molecular weight excluding hydrogens is 326 g/mol. The van der Waals surface area contributed by atoms with Crippen molar-refractivity contribution < 1.29 is 14.9 Å². The smallest absolute Gasteiger partial charge is 0.124 e. The molecule has 0 aliphatic carbocycles. The zero-order chi connectivity index (χ0) is 18.2. The van der Waals surface area contributed by atoms with Gasteiger partial charge in [0.2, 0.25) is 0 Å². The third-order valence-corrected chi connectivity index (χ3v) is 4.12. The molecule has 26 heavy (non-hydrogen) atoms. The Bertz CT molecular complexity index is 820. The van der Waals surface area contributed by atoms with Crippen LogP contribution >= 0.6 is 0 Å². The Balaban J connectivity index is 1.55. The zero-order valence-electron chi connectivity index (χ0n) is 14.5. The Labute approximate surface area is 153 Å². The largest absolute Gasteiger partial charge is 0.508 e. The summed E-state index contributed by atoms with van der Waals surface area (Å²) in [4.78, 5) is 0. The standard InChI is InChI=1S/C22H23NO3/c24-20-11-6-10-18(13-20)21(25)15-23-14-19-9-4-5-12-22(19)26-16-17-7-2-1-3-8-17/h1-13,21,23-25H,14-16H2/t21-/m1/s1. The lowest BCUT2D eigenvalue weighted by Gasteiger charge is -2.15. The van der Waals surface area contributed by atoms with Gasteiger partial charge in [-0.15, -0.1) is 0 Å². The van der Waals surface area contributed by atoms with Gasteiger partial charge in [-0.05, 0) is 29.3 Å². The predicted octanol–water partition coefficient (Wildman–Crippen LogP) is 3.79. The molecule has 0 spiro atoms. The number of hydrogen-bond donors (Lipinski definition) is 3. The highest BCUT2D eigenvalue weighted by molar-refractivity contribution is 5.34. The Morgan fingerprint density at radius 1 is 0.885 bits per heavy atom. The van der Waals surface area contributed by atoms with Crippen LogP contribution in [0, 0.1) is 0 Å². The topological polar surface area (TPSA) is 61.7 Å². The molecule has 3 N–H and O–H groups in total. The minimum Gasteiger partial charge on any atom is -0.508 e. The number of ether oxygens (including phenoxy) is 1. The maximum atomic E-state index is 10.2. The Kier molecular flexibility index (Phi) is 6.25. The van der Waals surface area contributed by atoms with E-state index >= 15 is 0 Å². The van der Waals surface area contributed by atoms with Crippen molar-refractivity contribution in [2.75, 3.05) is 6.54 Å². The molecule has 0 aliphatic heterocycles.